The maximum Gasteiger partial charge on any atom is 0.322 e. The molecule has 1 amide bonds. The zero-order valence-electron chi connectivity index (χ0n) is 10.5. The van der Waals surface area contributed by atoms with E-state index in [-0.39, 0.29) is 18.2 Å². The molecule has 5 nitrogen and oxygen atoms in total. The van der Waals surface area contributed by atoms with Crippen LogP contribution in [0, 0.1) is 0 Å². The molecule has 1 heterocycles. The van der Waals surface area contributed by atoms with Crippen LogP contribution in [0.3, 0.4) is 0 Å². The molecular formula is C13H12FN3O2S. The second kappa shape index (κ2) is 5.62. The van der Waals surface area contributed by atoms with Crippen molar-refractivity contribution >= 4 is 24.1 Å². The summed E-state index contributed by atoms with van der Waals surface area (Å²) in [5.41, 5.74) is 0.344. The minimum absolute atomic E-state index is 0.0789. The van der Waals surface area contributed by atoms with Crippen LogP contribution in [0.1, 0.15) is 41.4 Å². The number of anilines is 1. The van der Waals surface area contributed by atoms with E-state index < -0.39 is 5.91 Å². The van der Waals surface area contributed by atoms with E-state index in [9.17, 15) is 8.68 Å². The Morgan fingerprint density at radius 2 is 2.25 bits per heavy atom. The molecule has 20 heavy (non-hydrogen) atoms. The summed E-state index contributed by atoms with van der Waals surface area (Å²) in [6, 6.07) is 6.34. The van der Waals surface area contributed by atoms with Crippen LogP contribution >= 0.6 is 12.1 Å². The molecule has 1 aromatic heterocycles. The quantitative estimate of drug-likeness (QED) is 0.933. The normalized spacial score (nSPS) is 14.8. The summed E-state index contributed by atoms with van der Waals surface area (Å²) in [6.07, 6.45) is 3.26. The summed E-state index contributed by atoms with van der Waals surface area (Å²) in [7, 11) is 0. The molecule has 7 heteroatoms. The van der Waals surface area contributed by atoms with Crippen molar-refractivity contribution in [2.75, 3.05) is 5.32 Å². The molecule has 0 radical (unpaired) electrons. The molecule has 1 fully saturated rings. The lowest BCUT2D eigenvalue weighted by molar-refractivity contribution is 0.102. The topological polar surface area (TPSA) is 68.0 Å². The van der Waals surface area contributed by atoms with Gasteiger partial charge in [-0.1, -0.05) is 17.6 Å². The summed E-state index contributed by atoms with van der Waals surface area (Å²) in [6.45, 7) is 0. The minimum atomic E-state index is -0.398. The van der Waals surface area contributed by atoms with Crippen LogP contribution in [-0.4, -0.2) is 16.1 Å². The highest BCUT2D eigenvalue weighted by atomic mass is 32.2. The maximum atomic E-state index is 12.5. The molecule has 2 aromatic rings. The number of benzene rings is 1. The van der Waals surface area contributed by atoms with Crippen LogP contribution < -0.4 is 5.32 Å². The van der Waals surface area contributed by atoms with E-state index in [0.29, 0.717) is 22.3 Å². The summed E-state index contributed by atoms with van der Waals surface area (Å²) in [5, 5.41) is 10.2. The van der Waals surface area contributed by atoms with E-state index in [2.05, 4.69) is 15.5 Å². The first kappa shape index (κ1) is 13.1. The van der Waals surface area contributed by atoms with Crippen molar-refractivity contribution in [3.05, 3.63) is 35.7 Å². The number of nitrogens with one attached hydrogen (secondary N) is 1. The molecule has 104 valence electrons. The van der Waals surface area contributed by atoms with Crippen LogP contribution in [0.4, 0.5) is 9.90 Å². The van der Waals surface area contributed by atoms with E-state index in [0.717, 1.165) is 12.8 Å². The first-order valence-electron chi connectivity index (χ1n) is 6.29. The Balaban J connectivity index is 1.69. The highest BCUT2D eigenvalue weighted by Gasteiger charge is 2.25. The van der Waals surface area contributed by atoms with Gasteiger partial charge in [-0.15, -0.1) is 5.10 Å². The fourth-order valence-corrected chi connectivity index (χ4v) is 2.26. The molecule has 0 bridgehead atoms. The largest absolute Gasteiger partial charge is 0.408 e. The average Bonchev–Trinajstić information content (AvgIpc) is 2.85. The molecule has 0 aliphatic heterocycles. The zero-order chi connectivity index (χ0) is 13.9. The number of carbonyl (C=O) groups is 1. The van der Waals surface area contributed by atoms with Crippen molar-refractivity contribution in [1.29, 1.82) is 0 Å². The van der Waals surface area contributed by atoms with E-state index in [4.69, 9.17) is 4.42 Å². The Bertz CT molecular complexity index is 628. The van der Waals surface area contributed by atoms with E-state index in [1.54, 1.807) is 18.2 Å². The Morgan fingerprint density at radius 3 is 2.95 bits per heavy atom. The predicted octanol–water partition coefficient (Wildman–Crippen LogP) is 3.57. The van der Waals surface area contributed by atoms with Gasteiger partial charge in [-0.25, -0.2) is 0 Å². The molecule has 0 unspecified atom stereocenters. The zero-order valence-corrected chi connectivity index (χ0v) is 11.3. The highest BCUT2D eigenvalue weighted by Crippen LogP contribution is 2.35. The number of hydrogen-bond donors (Lipinski definition) is 1. The van der Waals surface area contributed by atoms with Gasteiger partial charge in [0.25, 0.3) is 5.91 Å². The molecular weight excluding hydrogens is 281 g/mol. The second-order valence-electron chi connectivity index (χ2n) is 4.63. The molecule has 1 aromatic carbocycles. The number of halogens is 1. The van der Waals surface area contributed by atoms with Gasteiger partial charge in [0.1, 0.15) is 0 Å². The molecule has 0 spiro atoms. The third-order valence-electron chi connectivity index (χ3n) is 3.30. The molecule has 1 aliphatic rings. The summed E-state index contributed by atoms with van der Waals surface area (Å²) < 4.78 is 17.9. The Labute approximate surface area is 119 Å². The standard InChI is InChI=1S/C13H12FN3O2S/c14-20-10-6-2-5-9(7-10)11(18)15-13-17-16-12(19-13)8-3-1-4-8/h2,5-8H,1,3-4H2,(H,15,17,18). The Kier molecular flexibility index (Phi) is 3.68. The van der Waals surface area contributed by atoms with Gasteiger partial charge < -0.3 is 4.42 Å². The highest BCUT2D eigenvalue weighted by molar-refractivity contribution is 7.94. The van der Waals surface area contributed by atoms with Gasteiger partial charge in [0.05, 0.1) is 12.1 Å². The van der Waals surface area contributed by atoms with Crippen LogP contribution in [0.2, 0.25) is 0 Å². The van der Waals surface area contributed by atoms with Crippen LogP contribution in [-0.2, 0) is 0 Å². The molecule has 0 atom stereocenters. The predicted molar refractivity (Wildman–Crippen MR) is 72.3 cm³/mol. The van der Waals surface area contributed by atoms with Gasteiger partial charge in [0.15, 0.2) is 0 Å². The smallest absolute Gasteiger partial charge is 0.322 e. The second-order valence-corrected chi connectivity index (χ2v) is 5.26. The number of rotatable bonds is 4. The van der Waals surface area contributed by atoms with Crippen molar-refractivity contribution in [1.82, 2.24) is 10.2 Å². The fraction of sp³-hybridized carbons (Fsp3) is 0.308. The van der Waals surface area contributed by atoms with Gasteiger partial charge in [-0.2, -0.15) is 3.89 Å². The third-order valence-corrected chi connectivity index (χ3v) is 3.73. The maximum absolute atomic E-state index is 12.5. The summed E-state index contributed by atoms with van der Waals surface area (Å²) >= 11 is 0.0939. The van der Waals surface area contributed by atoms with Gasteiger partial charge >= 0.3 is 6.01 Å². The molecule has 3 rings (SSSR count). The number of nitrogens with zero attached hydrogens (tertiary/aromatic N) is 2. The molecule has 1 N–H and O–H groups in total. The van der Waals surface area contributed by atoms with Crippen molar-refractivity contribution in [2.24, 2.45) is 0 Å². The molecule has 0 saturated heterocycles. The third kappa shape index (κ3) is 2.67. The van der Waals surface area contributed by atoms with Crippen LogP contribution in [0.5, 0.6) is 0 Å². The first-order chi connectivity index (χ1) is 9.76. The Morgan fingerprint density at radius 1 is 1.40 bits per heavy atom. The average molecular weight is 293 g/mol. The first-order valence-corrected chi connectivity index (χ1v) is 7.01. The number of carbonyl (C=O) groups excluding carboxylic acids is 1. The van der Waals surface area contributed by atoms with Gasteiger partial charge in [0, 0.05) is 16.4 Å². The lowest BCUT2D eigenvalue weighted by atomic mass is 9.85. The summed E-state index contributed by atoms with van der Waals surface area (Å²) in [4.78, 5) is 12.3. The van der Waals surface area contributed by atoms with Gasteiger partial charge in [-0.3, -0.25) is 10.1 Å². The fourth-order valence-electron chi connectivity index (χ4n) is 1.96. The van der Waals surface area contributed by atoms with Crippen molar-refractivity contribution in [2.45, 2.75) is 30.1 Å². The van der Waals surface area contributed by atoms with Crippen molar-refractivity contribution in [3.8, 4) is 0 Å². The van der Waals surface area contributed by atoms with Crippen molar-refractivity contribution in [3.63, 3.8) is 0 Å². The minimum Gasteiger partial charge on any atom is -0.408 e. The van der Waals surface area contributed by atoms with E-state index in [1.165, 1.54) is 12.5 Å². The number of hydrogen-bond acceptors (Lipinski definition) is 5. The van der Waals surface area contributed by atoms with Crippen LogP contribution in [0.15, 0.2) is 33.6 Å². The van der Waals surface area contributed by atoms with E-state index >= 15 is 0 Å². The molecule has 1 saturated carbocycles. The van der Waals surface area contributed by atoms with Gasteiger partial charge in [-0.05, 0) is 31.0 Å². The lowest BCUT2D eigenvalue weighted by Crippen LogP contribution is -2.12. The molecule has 1 aliphatic carbocycles. The number of aromatic nitrogens is 2. The SMILES string of the molecule is O=C(Nc1nnc(C2CCC2)o1)c1cccc(SF)c1. The monoisotopic (exact) mass is 293 g/mol. The van der Waals surface area contributed by atoms with Crippen molar-refractivity contribution < 1.29 is 13.1 Å². The van der Waals surface area contributed by atoms with E-state index in [1.807, 2.05) is 0 Å². The summed E-state index contributed by atoms with van der Waals surface area (Å²) in [5.74, 6) is 0.490. The number of amides is 1. The Hall–Kier alpha value is -1.89. The van der Waals surface area contributed by atoms with Gasteiger partial charge in [0.2, 0.25) is 5.89 Å². The lowest BCUT2D eigenvalue weighted by Gasteiger charge is -2.20. The van der Waals surface area contributed by atoms with Crippen LogP contribution in [0.25, 0.3) is 0 Å².